The number of carboxylic acids is 1. The van der Waals surface area contributed by atoms with Crippen molar-refractivity contribution in [1.82, 2.24) is 14.8 Å². The van der Waals surface area contributed by atoms with Crippen molar-refractivity contribution in [2.24, 2.45) is 0 Å². The summed E-state index contributed by atoms with van der Waals surface area (Å²) in [5, 5.41) is 13.8. The zero-order chi connectivity index (χ0) is 13.4. The molecule has 0 aliphatic heterocycles. The number of pyridine rings is 1. The molecule has 19 heavy (non-hydrogen) atoms. The van der Waals surface area contributed by atoms with Crippen LogP contribution in [0.15, 0.2) is 47.1 Å². The van der Waals surface area contributed by atoms with Gasteiger partial charge in [0.05, 0.1) is 11.1 Å². The fourth-order valence-electron chi connectivity index (χ4n) is 1.87. The molecule has 2 heterocycles. The number of rotatable bonds is 2. The molecule has 1 N–H and O–H groups in total. The predicted octanol–water partition coefficient (Wildman–Crippen LogP) is 2.88. The van der Waals surface area contributed by atoms with Crippen molar-refractivity contribution in [2.45, 2.75) is 0 Å². The first-order chi connectivity index (χ1) is 9.16. The molecule has 0 radical (unpaired) electrons. The maximum atomic E-state index is 11.2. The van der Waals surface area contributed by atoms with E-state index in [0.29, 0.717) is 11.0 Å². The Hall–Kier alpha value is -2.21. The summed E-state index contributed by atoms with van der Waals surface area (Å²) >= 11 is 3.36. The predicted molar refractivity (Wildman–Crippen MR) is 73.5 cm³/mol. The quantitative estimate of drug-likeness (QED) is 0.789. The minimum Gasteiger partial charge on any atom is -0.476 e. The van der Waals surface area contributed by atoms with Crippen molar-refractivity contribution < 1.29 is 9.90 Å². The van der Waals surface area contributed by atoms with Crippen molar-refractivity contribution in [2.75, 3.05) is 0 Å². The van der Waals surface area contributed by atoms with Crippen LogP contribution in [0.1, 0.15) is 10.5 Å². The summed E-state index contributed by atoms with van der Waals surface area (Å²) in [4.78, 5) is 15.4. The first-order valence-corrected chi connectivity index (χ1v) is 6.29. The number of aromatic nitrogens is 3. The Labute approximate surface area is 116 Å². The van der Waals surface area contributed by atoms with Crippen molar-refractivity contribution >= 4 is 32.9 Å². The third-order valence-electron chi connectivity index (χ3n) is 2.72. The van der Waals surface area contributed by atoms with Crippen molar-refractivity contribution in [3.8, 4) is 5.69 Å². The zero-order valence-electron chi connectivity index (χ0n) is 9.62. The maximum Gasteiger partial charge on any atom is 0.357 e. The molecule has 3 aromatic rings. The Morgan fingerprint density at radius 3 is 2.63 bits per heavy atom. The molecule has 94 valence electrons. The number of aromatic carboxylic acids is 1. The van der Waals surface area contributed by atoms with Crippen LogP contribution in [-0.2, 0) is 0 Å². The molecule has 3 rings (SSSR count). The second-order valence-electron chi connectivity index (χ2n) is 3.92. The molecule has 0 aliphatic carbocycles. The molecule has 0 bridgehead atoms. The van der Waals surface area contributed by atoms with Gasteiger partial charge in [0, 0.05) is 10.7 Å². The highest BCUT2D eigenvalue weighted by atomic mass is 79.9. The van der Waals surface area contributed by atoms with Crippen LogP contribution in [0.25, 0.3) is 16.7 Å². The zero-order valence-corrected chi connectivity index (χ0v) is 11.2. The second kappa shape index (κ2) is 4.47. The lowest BCUT2D eigenvalue weighted by Crippen LogP contribution is -2.01. The Balaban J connectivity index is 2.29. The lowest BCUT2D eigenvalue weighted by Gasteiger charge is -2.02. The molecule has 0 aliphatic rings. The third-order valence-corrected chi connectivity index (χ3v) is 3.24. The molecule has 2 aromatic heterocycles. The molecular formula is C13H8BrN3O2. The van der Waals surface area contributed by atoms with E-state index < -0.39 is 5.97 Å². The summed E-state index contributed by atoms with van der Waals surface area (Å²) in [6.45, 7) is 0. The van der Waals surface area contributed by atoms with Crippen LogP contribution < -0.4 is 0 Å². The number of nitrogens with zero attached hydrogens (tertiary/aromatic N) is 3. The van der Waals surface area contributed by atoms with Gasteiger partial charge in [-0.1, -0.05) is 15.9 Å². The van der Waals surface area contributed by atoms with E-state index in [1.807, 2.05) is 24.3 Å². The highest BCUT2D eigenvalue weighted by Crippen LogP contribution is 2.21. The van der Waals surface area contributed by atoms with Gasteiger partial charge in [0.15, 0.2) is 11.3 Å². The van der Waals surface area contributed by atoms with Crippen LogP contribution in [0.4, 0.5) is 0 Å². The van der Waals surface area contributed by atoms with E-state index in [9.17, 15) is 9.90 Å². The summed E-state index contributed by atoms with van der Waals surface area (Å²) < 4.78 is 2.48. The molecular weight excluding hydrogens is 310 g/mol. The van der Waals surface area contributed by atoms with E-state index in [-0.39, 0.29) is 5.69 Å². The van der Waals surface area contributed by atoms with E-state index in [1.54, 1.807) is 18.3 Å². The van der Waals surface area contributed by atoms with Gasteiger partial charge < -0.3 is 5.11 Å². The molecule has 1 aromatic carbocycles. The Morgan fingerprint density at radius 1 is 1.21 bits per heavy atom. The van der Waals surface area contributed by atoms with E-state index in [4.69, 9.17) is 0 Å². The number of benzene rings is 1. The molecule has 0 amide bonds. The first kappa shape index (κ1) is 11.9. The van der Waals surface area contributed by atoms with Gasteiger partial charge >= 0.3 is 5.97 Å². The van der Waals surface area contributed by atoms with Crippen LogP contribution in [0.3, 0.4) is 0 Å². The largest absolute Gasteiger partial charge is 0.476 e. The minimum atomic E-state index is -1.06. The maximum absolute atomic E-state index is 11.2. The Morgan fingerprint density at radius 2 is 1.95 bits per heavy atom. The molecule has 0 saturated heterocycles. The van der Waals surface area contributed by atoms with Gasteiger partial charge in [0.2, 0.25) is 0 Å². The van der Waals surface area contributed by atoms with Crippen molar-refractivity contribution in [1.29, 1.82) is 0 Å². The van der Waals surface area contributed by atoms with Gasteiger partial charge in [0.25, 0.3) is 0 Å². The monoisotopic (exact) mass is 317 g/mol. The van der Waals surface area contributed by atoms with Crippen LogP contribution in [0.5, 0.6) is 0 Å². The summed E-state index contributed by atoms with van der Waals surface area (Å²) in [5.74, 6) is -1.06. The number of hydrogen-bond acceptors (Lipinski definition) is 3. The summed E-state index contributed by atoms with van der Waals surface area (Å²) in [6, 6.07) is 10.8. The van der Waals surface area contributed by atoms with E-state index in [0.717, 1.165) is 10.2 Å². The Bertz CT molecular complexity index is 765. The summed E-state index contributed by atoms with van der Waals surface area (Å²) in [7, 11) is 0. The normalized spacial score (nSPS) is 10.8. The number of carboxylic acid groups (broad SMARTS) is 1. The lowest BCUT2D eigenvalue weighted by atomic mass is 10.2. The fraction of sp³-hybridized carbons (Fsp3) is 0. The van der Waals surface area contributed by atoms with E-state index >= 15 is 0 Å². The van der Waals surface area contributed by atoms with Crippen LogP contribution >= 0.6 is 15.9 Å². The molecule has 5 nitrogen and oxygen atoms in total. The molecule has 6 heteroatoms. The first-order valence-electron chi connectivity index (χ1n) is 5.50. The molecule has 0 unspecified atom stereocenters. The number of fused-ring (bicyclic) bond motifs is 1. The van der Waals surface area contributed by atoms with E-state index in [1.165, 1.54) is 4.68 Å². The van der Waals surface area contributed by atoms with Crippen LogP contribution in [0, 0.1) is 0 Å². The summed E-state index contributed by atoms with van der Waals surface area (Å²) in [5.41, 5.74) is 1.30. The molecule has 0 spiro atoms. The lowest BCUT2D eigenvalue weighted by molar-refractivity contribution is 0.0692. The van der Waals surface area contributed by atoms with Crippen molar-refractivity contribution in [3.05, 3.63) is 52.8 Å². The second-order valence-corrected chi connectivity index (χ2v) is 4.83. The van der Waals surface area contributed by atoms with Gasteiger partial charge in [-0.05, 0) is 36.4 Å². The van der Waals surface area contributed by atoms with E-state index in [2.05, 4.69) is 26.0 Å². The smallest absolute Gasteiger partial charge is 0.357 e. The van der Waals surface area contributed by atoms with Crippen LogP contribution in [0.2, 0.25) is 0 Å². The van der Waals surface area contributed by atoms with Crippen molar-refractivity contribution in [3.63, 3.8) is 0 Å². The molecule has 0 saturated carbocycles. The summed E-state index contributed by atoms with van der Waals surface area (Å²) in [6.07, 6.45) is 1.62. The third kappa shape index (κ3) is 2.00. The van der Waals surface area contributed by atoms with Gasteiger partial charge in [-0.25, -0.2) is 14.5 Å². The van der Waals surface area contributed by atoms with Gasteiger partial charge in [-0.15, -0.1) is 0 Å². The van der Waals surface area contributed by atoms with Crippen LogP contribution in [-0.4, -0.2) is 25.8 Å². The molecule has 0 fully saturated rings. The SMILES string of the molecule is O=C(O)c1nn(-c2ccc(Br)cc2)c2ncccc12. The fourth-order valence-corrected chi connectivity index (χ4v) is 2.14. The standard InChI is InChI=1S/C13H8BrN3O2/c14-8-3-5-9(6-4-8)17-12-10(2-1-7-15-12)11(16-17)13(18)19/h1-7H,(H,18,19). The topological polar surface area (TPSA) is 68.0 Å². The van der Waals surface area contributed by atoms with Gasteiger partial charge in [-0.3, -0.25) is 0 Å². The average Bonchev–Trinajstić information content (AvgIpc) is 2.79. The highest BCUT2D eigenvalue weighted by Gasteiger charge is 2.17. The van der Waals surface area contributed by atoms with Gasteiger partial charge in [-0.2, -0.15) is 5.10 Å². The average molecular weight is 318 g/mol. The number of hydrogen-bond donors (Lipinski definition) is 1. The number of halogens is 1. The molecule has 0 atom stereocenters. The Kier molecular flexibility index (Phi) is 2.79. The number of carbonyl (C=O) groups is 1. The highest BCUT2D eigenvalue weighted by molar-refractivity contribution is 9.10. The minimum absolute atomic E-state index is 0.00557. The van der Waals surface area contributed by atoms with Gasteiger partial charge in [0.1, 0.15) is 0 Å².